The van der Waals surface area contributed by atoms with Crippen LogP contribution in [0.25, 0.3) is 0 Å². The zero-order valence-electron chi connectivity index (χ0n) is 14.5. The fraction of sp³-hybridized carbons (Fsp3) is 0.300. The zero-order valence-corrected chi connectivity index (χ0v) is 14.5. The molecular formula is C20H21NO4. The summed E-state index contributed by atoms with van der Waals surface area (Å²) in [4.78, 5) is 12.3. The van der Waals surface area contributed by atoms with Gasteiger partial charge in [0.05, 0.1) is 30.4 Å². The fourth-order valence-corrected chi connectivity index (χ4v) is 2.22. The summed E-state index contributed by atoms with van der Waals surface area (Å²) in [6, 6.07) is 14.1. The highest BCUT2D eigenvalue weighted by Gasteiger charge is 2.13. The summed E-state index contributed by atoms with van der Waals surface area (Å²) in [6.07, 6.45) is 0.883. The number of hydrogen-bond donors (Lipinski definition) is 0. The maximum atomic E-state index is 12.3. The number of esters is 1. The number of rotatable bonds is 8. The van der Waals surface area contributed by atoms with Crippen LogP contribution >= 0.6 is 0 Å². The van der Waals surface area contributed by atoms with Gasteiger partial charge in [0, 0.05) is 5.56 Å². The fourth-order valence-electron chi connectivity index (χ4n) is 2.22. The average molecular weight is 339 g/mol. The first-order chi connectivity index (χ1) is 12.2. The van der Waals surface area contributed by atoms with Crippen molar-refractivity contribution in [1.29, 1.82) is 5.26 Å². The Kier molecular flexibility index (Phi) is 6.85. The molecule has 0 unspecified atom stereocenters. The molecule has 0 aliphatic heterocycles. The third-order valence-corrected chi connectivity index (χ3v) is 3.44. The molecule has 0 aromatic heterocycles. The van der Waals surface area contributed by atoms with Gasteiger partial charge in [0.15, 0.2) is 11.5 Å². The largest absolute Gasteiger partial charge is 0.490 e. The Hall–Kier alpha value is -3.00. The van der Waals surface area contributed by atoms with E-state index < -0.39 is 5.97 Å². The number of nitrogens with zero attached hydrogens (tertiary/aromatic N) is 1. The molecule has 0 N–H and O–H groups in total. The Labute approximate surface area is 147 Å². The first kappa shape index (κ1) is 18.3. The van der Waals surface area contributed by atoms with Crippen molar-refractivity contribution >= 4 is 5.97 Å². The summed E-state index contributed by atoms with van der Waals surface area (Å²) in [7, 11) is 0. The standard InChI is InChI=1S/C20H21NO4/c1-3-11-24-18-10-9-15(12-19(18)23-4-2)20(22)25-14-17-8-6-5-7-16(17)13-21/h5-10,12H,3-4,11,14H2,1-2H3. The molecule has 0 aliphatic rings. The van der Waals surface area contributed by atoms with Crippen molar-refractivity contribution < 1.29 is 19.0 Å². The van der Waals surface area contributed by atoms with Crippen molar-refractivity contribution in [3.8, 4) is 17.6 Å². The van der Waals surface area contributed by atoms with Crippen LogP contribution in [-0.2, 0) is 11.3 Å². The van der Waals surface area contributed by atoms with E-state index >= 15 is 0 Å². The van der Waals surface area contributed by atoms with Gasteiger partial charge in [0.1, 0.15) is 6.61 Å². The third kappa shape index (κ3) is 4.98. The van der Waals surface area contributed by atoms with E-state index in [-0.39, 0.29) is 6.61 Å². The lowest BCUT2D eigenvalue weighted by molar-refractivity contribution is 0.0472. The monoisotopic (exact) mass is 339 g/mol. The number of nitriles is 1. The smallest absolute Gasteiger partial charge is 0.338 e. The minimum Gasteiger partial charge on any atom is -0.490 e. The minimum absolute atomic E-state index is 0.0423. The van der Waals surface area contributed by atoms with Crippen LogP contribution in [0.1, 0.15) is 41.8 Å². The van der Waals surface area contributed by atoms with Gasteiger partial charge in [-0.3, -0.25) is 0 Å². The summed E-state index contributed by atoms with van der Waals surface area (Å²) >= 11 is 0. The molecule has 0 radical (unpaired) electrons. The molecule has 0 saturated heterocycles. The Morgan fingerprint density at radius 1 is 1.08 bits per heavy atom. The van der Waals surface area contributed by atoms with Crippen molar-refractivity contribution in [1.82, 2.24) is 0 Å². The summed E-state index contributed by atoms with van der Waals surface area (Å²) in [6.45, 7) is 4.98. The first-order valence-corrected chi connectivity index (χ1v) is 8.24. The van der Waals surface area contributed by atoms with Crippen molar-refractivity contribution in [2.45, 2.75) is 26.9 Å². The molecule has 5 nitrogen and oxygen atoms in total. The number of benzene rings is 2. The topological polar surface area (TPSA) is 68.5 Å². The Balaban J connectivity index is 2.10. The molecule has 2 aromatic rings. The number of carbonyl (C=O) groups excluding carboxylic acids is 1. The summed E-state index contributed by atoms with van der Waals surface area (Å²) in [5.41, 5.74) is 1.54. The maximum absolute atomic E-state index is 12.3. The van der Waals surface area contributed by atoms with E-state index in [0.29, 0.717) is 41.4 Å². The second kappa shape index (κ2) is 9.33. The van der Waals surface area contributed by atoms with Crippen LogP contribution in [0.15, 0.2) is 42.5 Å². The SMILES string of the molecule is CCCOc1ccc(C(=O)OCc2ccccc2C#N)cc1OCC. The van der Waals surface area contributed by atoms with Gasteiger partial charge in [-0.05, 0) is 37.6 Å². The number of carbonyl (C=O) groups is 1. The molecule has 5 heteroatoms. The van der Waals surface area contributed by atoms with Crippen LogP contribution in [-0.4, -0.2) is 19.2 Å². The molecule has 0 spiro atoms. The van der Waals surface area contributed by atoms with Crippen molar-refractivity contribution in [3.05, 3.63) is 59.2 Å². The van der Waals surface area contributed by atoms with Crippen LogP contribution in [0.3, 0.4) is 0 Å². The van der Waals surface area contributed by atoms with E-state index in [1.54, 1.807) is 42.5 Å². The molecule has 25 heavy (non-hydrogen) atoms. The minimum atomic E-state index is -0.476. The van der Waals surface area contributed by atoms with Crippen LogP contribution in [0.4, 0.5) is 0 Å². The van der Waals surface area contributed by atoms with Crippen LogP contribution < -0.4 is 9.47 Å². The average Bonchev–Trinajstić information content (AvgIpc) is 2.65. The predicted octanol–water partition coefficient (Wildman–Crippen LogP) is 4.10. The van der Waals surface area contributed by atoms with Gasteiger partial charge in [0.25, 0.3) is 0 Å². The molecule has 0 amide bonds. The molecule has 0 fully saturated rings. The number of ether oxygens (including phenoxy) is 3. The van der Waals surface area contributed by atoms with E-state index in [9.17, 15) is 4.79 Å². The Bertz CT molecular complexity index is 765. The Morgan fingerprint density at radius 3 is 2.60 bits per heavy atom. The lowest BCUT2D eigenvalue weighted by Crippen LogP contribution is -2.07. The predicted molar refractivity (Wildman–Crippen MR) is 93.7 cm³/mol. The van der Waals surface area contributed by atoms with Crippen LogP contribution in [0.2, 0.25) is 0 Å². The molecular weight excluding hydrogens is 318 g/mol. The molecule has 2 aromatic carbocycles. The molecule has 2 rings (SSSR count). The zero-order chi connectivity index (χ0) is 18.1. The lowest BCUT2D eigenvalue weighted by atomic mass is 10.1. The van der Waals surface area contributed by atoms with Gasteiger partial charge < -0.3 is 14.2 Å². The maximum Gasteiger partial charge on any atom is 0.338 e. The second-order valence-electron chi connectivity index (χ2n) is 5.29. The van der Waals surface area contributed by atoms with E-state index in [1.165, 1.54) is 0 Å². The molecule has 0 bridgehead atoms. The molecule has 130 valence electrons. The lowest BCUT2D eigenvalue weighted by Gasteiger charge is -2.13. The van der Waals surface area contributed by atoms with Gasteiger partial charge in [0.2, 0.25) is 0 Å². The first-order valence-electron chi connectivity index (χ1n) is 8.24. The van der Waals surface area contributed by atoms with Gasteiger partial charge in [-0.1, -0.05) is 25.1 Å². The van der Waals surface area contributed by atoms with Gasteiger partial charge in [-0.15, -0.1) is 0 Å². The normalized spacial score (nSPS) is 9.96. The van der Waals surface area contributed by atoms with E-state index in [2.05, 4.69) is 6.07 Å². The third-order valence-electron chi connectivity index (χ3n) is 3.44. The molecule has 0 atom stereocenters. The summed E-state index contributed by atoms with van der Waals surface area (Å²) < 4.78 is 16.5. The molecule has 0 heterocycles. The van der Waals surface area contributed by atoms with Crippen LogP contribution in [0.5, 0.6) is 11.5 Å². The highest BCUT2D eigenvalue weighted by molar-refractivity contribution is 5.90. The van der Waals surface area contributed by atoms with E-state index in [0.717, 1.165) is 6.42 Å². The highest BCUT2D eigenvalue weighted by Crippen LogP contribution is 2.29. The van der Waals surface area contributed by atoms with Crippen molar-refractivity contribution in [2.24, 2.45) is 0 Å². The molecule has 0 saturated carbocycles. The van der Waals surface area contributed by atoms with E-state index in [4.69, 9.17) is 19.5 Å². The van der Waals surface area contributed by atoms with Crippen molar-refractivity contribution in [2.75, 3.05) is 13.2 Å². The van der Waals surface area contributed by atoms with E-state index in [1.807, 2.05) is 13.8 Å². The van der Waals surface area contributed by atoms with Gasteiger partial charge in [-0.2, -0.15) is 5.26 Å². The van der Waals surface area contributed by atoms with Gasteiger partial charge >= 0.3 is 5.97 Å². The second-order valence-corrected chi connectivity index (χ2v) is 5.29. The Morgan fingerprint density at radius 2 is 1.88 bits per heavy atom. The number of hydrogen-bond acceptors (Lipinski definition) is 5. The summed E-state index contributed by atoms with van der Waals surface area (Å²) in [5.74, 6) is 0.647. The van der Waals surface area contributed by atoms with Gasteiger partial charge in [-0.25, -0.2) is 4.79 Å². The van der Waals surface area contributed by atoms with Crippen LogP contribution in [0, 0.1) is 11.3 Å². The molecule has 0 aliphatic carbocycles. The highest BCUT2D eigenvalue weighted by atomic mass is 16.5. The van der Waals surface area contributed by atoms with Crippen molar-refractivity contribution in [3.63, 3.8) is 0 Å². The quantitative estimate of drug-likeness (QED) is 0.677. The summed E-state index contributed by atoms with van der Waals surface area (Å²) in [5, 5.41) is 9.08.